The minimum absolute atomic E-state index is 0.0306. The highest BCUT2D eigenvalue weighted by Crippen LogP contribution is 2.03. The largest absolute Gasteiger partial charge is 0.481 e. The van der Waals surface area contributed by atoms with E-state index in [-0.39, 0.29) is 11.4 Å². The van der Waals surface area contributed by atoms with Crippen molar-refractivity contribution in [3.8, 4) is 0 Å². The highest BCUT2D eigenvalue weighted by atomic mass is 32.2. The first-order chi connectivity index (χ1) is 8.02. The van der Waals surface area contributed by atoms with Crippen molar-refractivity contribution in [2.45, 2.75) is 30.7 Å². The molecule has 0 fully saturated rings. The van der Waals surface area contributed by atoms with Gasteiger partial charge in [0.05, 0.1) is 6.20 Å². The van der Waals surface area contributed by atoms with Gasteiger partial charge in [-0.15, -0.1) is 0 Å². The molecule has 3 N–H and O–H groups in total. The number of carbonyl (C=O) groups is 1. The Bertz CT molecular complexity index is 441. The van der Waals surface area contributed by atoms with Gasteiger partial charge in [0.25, 0.3) is 10.0 Å². The van der Waals surface area contributed by atoms with Crippen LogP contribution in [0.2, 0.25) is 0 Å². The van der Waals surface area contributed by atoms with E-state index in [4.69, 9.17) is 5.11 Å². The molecule has 17 heavy (non-hydrogen) atoms. The fourth-order valence-corrected chi connectivity index (χ4v) is 2.24. The van der Waals surface area contributed by atoms with E-state index in [1.165, 1.54) is 12.3 Å². The SMILES string of the molecule is O=C(O)CCCCCNS(=O)(=O)c1ccn[nH]1. The lowest BCUT2D eigenvalue weighted by atomic mass is 10.2. The third-order valence-corrected chi connectivity index (χ3v) is 3.51. The molecule has 0 unspecified atom stereocenters. The molecule has 0 saturated carbocycles. The van der Waals surface area contributed by atoms with Crippen molar-refractivity contribution in [2.24, 2.45) is 0 Å². The molecule has 0 aliphatic carbocycles. The highest BCUT2D eigenvalue weighted by molar-refractivity contribution is 7.89. The molecule has 8 heteroatoms. The lowest BCUT2D eigenvalue weighted by Crippen LogP contribution is -2.25. The molecule has 1 aromatic heterocycles. The molecule has 96 valence electrons. The van der Waals surface area contributed by atoms with Crippen LogP contribution in [0.3, 0.4) is 0 Å². The molecule has 0 spiro atoms. The standard InChI is InChI=1S/C9H15N3O4S/c13-9(14)4-2-1-3-6-11-17(15,16)8-5-7-10-12-8/h5,7,11H,1-4,6H2,(H,10,12)(H,13,14). The molecule has 1 rings (SSSR count). The van der Waals surface area contributed by atoms with E-state index in [0.29, 0.717) is 25.8 Å². The fraction of sp³-hybridized carbons (Fsp3) is 0.556. The van der Waals surface area contributed by atoms with Crippen LogP contribution in [0.4, 0.5) is 0 Å². The van der Waals surface area contributed by atoms with E-state index in [2.05, 4.69) is 14.9 Å². The molecular formula is C9H15N3O4S. The van der Waals surface area contributed by atoms with Gasteiger partial charge in [0.2, 0.25) is 0 Å². The molecule has 0 bridgehead atoms. The number of nitrogens with zero attached hydrogens (tertiary/aromatic N) is 1. The van der Waals surface area contributed by atoms with Crippen LogP contribution >= 0.6 is 0 Å². The van der Waals surface area contributed by atoms with Crippen LogP contribution in [0.15, 0.2) is 17.3 Å². The van der Waals surface area contributed by atoms with Crippen LogP contribution in [0.1, 0.15) is 25.7 Å². The van der Waals surface area contributed by atoms with E-state index in [1.54, 1.807) is 0 Å². The molecule has 0 saturated heterocycles. The van der Waals surface area contributed by atoms with Crippen LogP contribution in [-0.4, -0.2) is 36.2 Å². The Kier molecular flexibility index (Phi) is 5.11. The van der Waals surface area contributed by atoms with Gasteiger partial charge in [-0.3, -0.25) is 9.89 Å². The van der Waals surface area contributed by atoms with Crippen LogP contribution in [0, 0.1) is 0 Å². The minimum Gasteiger partial charge on any atom is -0.481 e. The number of aliphatic carboxylic acids is 1. The van der Waals surface area contributed by atoms with Gasteiger partial charge in [-0.1, -0.05) is 6.42 Å². The average molecular weight is 261 g/mol. The number of aromatic amines is 1. The molecule has 0 aliphatic heterocycles. The second-order valence-electron chi connectivity index (χ2n) is 3.52. The van der Waals surface area contributed by atoms with Crippen LogP contribution in [-0.2, 0) is 14.8 Å². The first kappa shape index (κ1) is 13.7. The summed E-state index contributed by atoms with van der Waals surface area (Å²) < 4.78 is 25.5. The zero-order valence-electron chi connectivity index (χ0n) is 9.22. The lowest BCUT2D eigenvalue weighted by molar-refractivity contribution is -0.137. The summed E-state index contributed by atoms with van der Waals surface area (Å²) in [6.07, 6.45) is 3.33. The molecule has 1 heterocycles. The predicted octanol–water partition coefficient (Wildman–Crippen LogP) is 0.333. The van der Waals surface area contributed by atoms with E-state index in [1.807, 2.05) is 0 Å². The number of rotatable bonds is 8. The summed E-state index contributed by atoms with van der Waals surface area (Å²) in [5, 5.41) is 14.4. The zero-order chi connectivity index (χ0) is 12.7. The van der Waals surface area contributed by atoms with Gasteiger partial charge >= 0.3 is 5.97 Å². The van der Waals surface area contributed by atoms with Crippen molar-refractivity contribution in [3.05, 3.63) is 12.3 Å². The third-order valence-electron chi connectivity index (χ3n) is 2.12. The van der Waals surface area contributed by atoms with Gasteiger partial charge in [-0.05, 0) is 18.9 Å². The summed E-state index contributed by atoms with van der Waals surface area (Å²) in [7, 11) is -3.50. The summed E-state index contributed by atoms with van der Waals surface area (Å²) in [5.74, 6) is -0.831. The van der Waals surface area contributed by atoms with Gasteiger partial charge in [-0.25, -0.2) is 13.1 Å². The molecule has 0 atom stereocenters. The maximum Gasteiger partial charge on any atom is 0.303 e. The molecule has 0 aliphatic rings. The van der Waals surface area contributed by atoms with E-state index >= 15 is 0 Å². The Balaban J connectivity index is 2.21. The number of sulfonamides is 1. The lowest BCUT2D eigenvalue weighted by Gasteiger charge is -2.03. The van der Waals surface area contributed by atoms with Gasteiger partial charge in [0.15, 0.2) is 5.03 Å². The maximum atomic E-state index is 11.6. The normalized spacial score (nSPS) is 11.5. The first-order valence-corrected chi connectivity index (χ1v) is 6.71. The van der Waals surface area contributed by atoms with Gasteiger partial charge in [0, 0.05) is 13.0 Å². The average Bonchev–Trinajstić information content (AvgIpc) is 2.76. The zero-order valence-corrected chi connectivity index (χ0v) is 10.0. The van der Waals surface area contributed by atoms with Crippen molar-refractivity contribution in [1.29, 1.82) is 0 Å². The number of carboxylic acid groups (broad SMARTS) is 1. The van der Waals surface area contributed by atoms with Gasteiger partial charge in [0.1, 0.15) is 0 Å². The number of hydrogen-bond acceptors (Lipinski definition) is 4. The molecule has 0 amide bonds. The van der Waals surface area contributed by atoms with Crippen LogP contribution in [0.25, 0.3) is 0 Å². The molecule has 0 aromatic carbocycles. The highest BCUT2D eigenvalue weighted by Gasteiger charge is 2.13. The summed E-state index contributed by atoms with van der Waals surface area (Å²) in [6.45, 7) is 0.293. The first-order valence-electron chi connectivity index (χ1n) is 5.23. The quantitative estimate of drug-likeness (QED) is 0.584. The molecule has 0 radical (unpaired) electrons. The smallest absolute Gasteiger partial charge is 0.303 e. The van der Waals surface area contributed by atoms with E-state index in [0.717, 1.165) is 0 Å². The monoisotopic (exact) mass is 261 g/mol. The van der Waals surface area contributed by atoms with Crippen molar-refractivity contribution in [2.75, 3.05) is 6.54 Å². The predicted molar refractivity (Wildman–Crippen MR) is 59.9 cm³/mol. The van der Waals surface area contributed by atoms with Crippen molar-refractivity contribution < 1.29 is 18.3 Å². The summed E-state index contributed by atoms with van der Waals surface area (Å²) in [5.41, 5.74) is 0. The van der Waals surface area contributed by atoms with E-state index in [9.17, 15) is 13.2 Å². The van der Waals surface area contributed by atoms with Crippen molar-refractivity contribution >= 4 is 16.0 Å². The van der Waals surface area contributed by atoms with Gasteiger partial charge < -0.3 is 5.11 Å². The summed E-state index contributed by atoms with van der Waals surface area (Å²) in [6, 6.07) is 1.37. The number of unbranched alkanes of at least 4 members (excludes halogenated alkanes) is 2. The fourth-order valence-electron chi connectivity index (χ4n) is 1.26. The Morgan fingerprint density at radius 1 is 1.41 bits per heavy atom. The third kappa shape index (κ3) is 4.96. The second kappa shape index (κ2) is 6.36. The number of hydrogen-bond donors (Lipinski definition) is 3. The Morgan fingerprint density at radius 3 is 2.76 bits per heavy atom. The number of aromatic nitrogens is 2. The summed E-state index contributed by atoms with van der Waals surface area (Å²) in [4.78, 5) is 10.2. The Hall–Kier alpha value is -1.41. The molecular weight excluding hydrogens is 246 g/mol. The molecule has 1 aromatic rings. The maximum absolute atomic E-state index is 11.6. The molecule has 7 nitrogen and oxygen atoms in total. The van der Waals surface area contributed by atoms with Crippen LogP contribution in [0.5, 0.6) is 0 Å². The minimum atomic E-state index is -3.50. The van der Waals surface area contributed by atoms with Crippen LogP contribution < -0.4 is 4.72 Å². The van der Waals surface area contributed by atoms with Gasteiger partial charge in [-0.2, -0.15) is 5.10 Å². The van der Waals surface area contributed by atoms with E-state index < -0.39 is 16.0 Å². The Labute approximate surface area is 99.3 Å². The van der Waals surface area contributed by atoms with Crippen molar-refractivity contribution in [1.82, 2.24) is 14.9 Å². The number of carboxylic acids is 1. The number of nitrogens with one attached hydrogen (secondary N) is 2. The number of H-pyrrole nitrogens is 1. The summed E-state index contributed by atoms with van der Waals surface area (Å²) >= 11 is 0. The van der Waals surface area contributed by atoms with Crippen molar-refractivity contribution in [3.63, 3.8) is 0 Å². The second-order valence-corrected chi connectivity index (χ2v) is 5.26. The topological polar surface area (TPSA) is 112 Å². The Morgan fingerprint density at radius 2 is 2.18 bits per heavy atom.